The number of nitrogen functional groups attached to an aromatic ring is 1. The SMILES string of the molecule is Cc1cc(N)cc(C(=O)NC2CCSC2)c1F. The van der Waals surface area contributed by atoms with Gasteiger partial charge in [0.25, 0.3) is 5.91 Å². The topological polar surface area (TPSA) is 55.1 Å². The summed E-state index contributed by atoms with van der Waals surface area (Å²) < 4.78 is 13.8. The van der Waals surface area contributed by atoms with E-state index in [1.807, 2.05) is 0 Å². The summed E-state index contributed by atoms with van der Waals surface area (Å²) in [5, 5.41) is 2.84. The van der Waals surface area contributed by atoms with Crippen molar-refractivity contribution in [2.45, 2.75) is 19.4 Å². The minimum absolute atomic E-state index is 0.0411. The summed E-state index contributed by atoms with van der Waals surface area (Å²) in [6.07, 6.45) is 0.944. The summed E-state index contributed by atoms with van der Waals surface area (Å²) in [5.41, 5.74) is 6.48. The monoisotopic (exact) mass is 254 g/mol. The first-order chi connectivity index (χ1) is 8.08. The number of nitrogens with two attached hydrogens (primary N) is 1. The van der Waals surface area contributed by atoms with E-state index in [0.29, 0.717) is 11.3 Å². The van der Waals surface area contributed by atoms with Gasteiger partial charge in [-0.15, -0.1) is 0 Å². The van der Waals surface area contributed by atoms with Crippen LogP contribution < -0.4 is 11.1 Å². The Morgan fingerprint density at radius 3 is 3.00 bits per heavy atom. The Hall–Kier alpha value is -1.23. The van der Waals surface area contributed by atoms with Crippen LogP contribution in [-0.2, 0) is 0 Å². The van der Waals surface area contributed by atoms with Crippen molar-refractivity contribution in [3.63, 3.8) is 0 Å². The van der Waals surface area contributed by atoms with Gasteiger partial charge in [-0.25, -0.2) is 4.39 Å². The van der Waals surface area contributed by atoms with E-state index in [1.165, 1.54) is 12.1 Å². The maximum Gasteiger partial charge on any atom is 0.254 e. The van der Waals surface area contributed by atoms with Gasteiger partial charge in [-0.2, -0.15) is 11.8 Å². The fourth-order valence-corrected chi connectivity index (χ4v) is 3.03. The standard InChI is InChI=1S/C12H15FN2OS/c1-7-4-8(14)5-10(11(7)13)12(16)15-9-2-3-17-6-9/h4-5,9H,2-3,6,14H2,1H3,(H,15,16). The highest BCUT2D eigenvalue weighted by atomic mass is 32.2. The first kappa shape index (κ1) is 12.2. The number of halogens is 1. The fourth-order valence-electron chi connectivity index (χ4n) is 1.87. The molecule has 17 heavy (non-hydrogen) atoms. The lowest BCUT2D eigenvalue weighted by atomic mass is 10.1. The van der Waals surface area contributed by atoms with Gasteiger partial charge in [0.2, 0.25) is 0 Å². The van der Waals surface area contributed by atoms with E-state index in [2.05, 4.69) is 5.32 Å². The summed E-state index contributed by atoms with van der Waals surface area (Å²) in [4.78, 5) is 11.9. The van der Waals surface area contributed by atoms with Gasteiger partial charge in [0.05, 0.1) is 5.56 Å². The Bertz CT molecular complexity index is 444. The van der Waals surface area contributed by atoms with Crippen molar-refractivity contribution < 1.29 is 9.18 Å². The van der Waals surface area contributed by atoms with Gasteiger partial charge >= 0.3 is 0 Å². The van der Waals surface area contributed by atoms with Crippen LogP contribution in [0.15, 0.2) is 12.1 Å². The minimum Gasteiger partial charge on any atom is -0.399 e. The van der Waals surface area contributed by atoms with Crippen LogP contribution in [0.3, 0.4) is 0 Å². The molecule has 3 nitrogen and oxygen atoms in total. The molecule has 1 amide bonds. The molecule has 1 aromatic carbocycles. The van der Waals surface area contributed by atoms with Crippen LogP contribution >= 0.6 is 11.8 Å². The third kappa shape index (κ3) is 2.72. The highest BCUT2D eigenvalue weighted by Crippen LogP contribution is 2.20. The summed E-state index contributed by atoms with van der Waals surface area (Å²) in [6, 6.07) is 3.06. The average molecular weight is 254 g/mol. The number of hydrogen-bond acceptors (Lipinski definition) is 3. The molecule has 1 aliphatic rings. The fraction of sp³-hybridized carbons (Fsp3) is 0.417. The van der Waals surface area contributed by atoms with Crippen LogP contribution in [0.25, 0.3) is 0 Å². The predicted octanol–water partition coefficient (Wildman–Crippen LogP) is 1.95. The van der Waals surface area contributed by atoms with Crippen LogP contribution in [-0.4, -0.2) is 23.5 Å². The second kappa shape index (κ2) is 4.96. The average Bonchev–Trinajstić information content (AvgIpc) is 2.76. The number of carbonyl (C=O) groups excluding carboxylic acids is 1. The number of nitrogens with one attached hydrogen (secondary N) is 1. The minimum atomic E-state index is -0.484. The van der Waals surface area contributed by atoms with Crippen molar-refractivity contribution in [2.75, 3.05) is 17.2 Å². The molecule has 1 aromatic rings. The highest BCUT2D eigenvalue weighted by molar-refractivity contribution is 7.99. The van der Waals surface area contributed by atoms with E-state index in [4.69, 9.17) is 5.73 Å². The lowest BCUT2D eigenvalue weighted by Gasteiger charge is -2.13. The zero-order chi connectivity index (χ0) is 12.4. The molecule has 1 saturated heterocycles. The Balaban J connectivity index is 2.18. The summed E-state index contributed by atoms with van der Waals surface area (Å²) in [7, 11) is 0. The molecule has 0 aromatic heterocycles. The molecule has 1 atom stereocenters. The van der Waals surface area contributed by atoms with Gasteiger partial charge < -0.3 is 11.1 Å². The zero-order valence-corrected chi connectivity index (χ0v) is 10.4. The van der Waals surface area contributed by atoms with Crippen molar-refractivity contribution >= 4 is 23.4 Å². The molecule has 2 rings (SSSR count). The van der Waals surface area contributed by atoms with Crippen molar-refractivity contribution in [1.82, 2.24) is 5.32 Å². The molecule has 5 heteroatoms. The van der Waals surface area contributed by atoms with Gasteiger partial charge in [-0.05, 0) is 36.8 Å². The second-order valence-electron chi connectivity index (χ2n) is 4.23. The summed E-state index contributed by atoms with van der Waals surface area (Å²) in [6.45, 7) is 1.61. The number of thioether (sulfide) groups is 1. The number of carbonyl (C=O) groups is 1. The van der Waals surface area contributed by atoms with E-state index in [-0.39, 0.29) is 17.5 Å². The first-order valence-electron chi connectivity index (χ1n) is 5.52. The molecule has 0 radical (unpaired) electrons. The van der Waals surface area contributed by atoms with Crippen LogP contribution in [0.5, 0.6) is 0 Å². The summed E-state index contributed by atoms with van der Waals surface area (Å²) >= 11 is 1.80. The maximum atomic E-state index is 13.8. The third-order valence-electron chi connectivity index (χ3n) is 2.79. The Morgan fingerprint density at radius 2 is 2.35 bits per heavy atom. The maximum absolute atomic E-state index is 13.8. The highest BCUT2D eigenvalue weighted by Gasteiger charge is 2.21. The number of hydrogen-bond donors (Lipinski definition) is 2. The molecule has 92 valence electrons. The molecule has 1 unspecified atom stereocenters. The molecule has 1 fully saturated rings. The largest absolute Gasteiger partial charge is 0.399 e. The van der Waals surface area contributed by atoms with Crippen LogP contribution in [0.1, 0.15) is 22.3 Å². The van der Waals surface area contributed by atoms with Crippen molar-refractivity contribution in [3.8, 4) is 0 Å². The first-order valence-corrected chi connectivity index (χ1v) is 6.67. The molecule has 1 heterocycles. The molecule has 0 spiro atoms. The van der Waals surface area contributed by atoms with Crippen LogP contribution in [0, 0.1) is 12.7 Å². The number of benzene rings is 1. The molecule has 1 aliphatic heterocycles. The number of anilines is 1. The van der Waals surface area contributed by atoms with E-state index in [1.54, 1.807) is 18.7 Å². The second-order valence-corrected chi connectivity index (χ2v) is 5.38. The van der Waals surface area contributed by atoms with Gasteiger partial charge in [0.1, 0.15) is 5.82 Å². The Morgan fingerprint density at radius 1 is 1.59 bits per heavy atom. The molecule has 0 aliphatic carbocycles. The lowest BCUT2D eigenvalue weighted by molar-refractivity contribution is 0.0937. The molecular formula is C12H15FN2OS. The molecule has 0 bridgehead atoms. The van der Waals surface area contributed by atoms with Gasteiger partial charge in [-0.1, -0.05) is 0 Å². The Kier molecular flexibility index (Phi) is 3.57. The van der Waals surface area contributed by atoms with Gasteiger partial charge in [-0.3, -0.25) is 4.79 Å². The number of aryl methyl sites for hydroxylation is 1. The van der Waals surface area contributed by atoms with E-state index in [0.717, 1.165) is 17.9 Å². The predicted molar refractivity (Wildman–Crippen MR) is 68.7 cm³/mol. The molecule has 3 N–H and O–H groups in total. The van der Waals surface area contributed by atoms with E-state index in [9.17, 15) is 9.18 Å². The van der Waals surface area contributed by atoms with Crippen molar-refractivity contribution in [3.05, 3.63) is 29.1 Å². The van der Waals surface area contributed by atoms with Crippen LogP contribution in [0.4, 0.5) is 10.1 Å². The quantitative estimate of drug-likeness (QED) is 0.793. The van der Waals surface area contributed by atoms with E-state index >= 15 is 0 Å². The normalized spacial score (nSPS) is 19.3. The lowest BCUT2D eigenvalue weighted by Crippen LogP contribution is -2.35. The Labute approximate surface area is 104 Å². The van der Waals surface area contributed by atoms with Crippen LogP contribution in [0.2, 0.25) is 0 Å². The number of rotatable bonds is 2. The van der Waals surface area contributed by atoms with Gasteiger partial charge in [0.15, 0.2) is 0 Å². The van der Waals surface area contributed by atoms with E-state index < -0.39 is 5.82 Å². The zero-order valence-electron chi connectivity index (χ0n) is 9.63. The number of amides is 1. The van der Waals surface area contributed by atoms with Gasteiger partial charge in [0, 0.05) is 17.5 Å². The molecular weight excluding hydrogens is 239 g/mol. The molecule has 0 saturated carbocycles. The third-order valence-corrected chi connectivity index (χ3v) is 3.95. The smallest absolute Gasteiger partial charge is 0.254 e. The van der Waals surface area contributed by atoms with Crippen molar-refractivity contribution in [2.24, 2.45) is 0 Å². The van der Waals surface area contributed by atoms with Crippen molar-refractivity contribution in [1.29, 1.82) is 0 Å². The summed E-state index contributed by atoms with van der Waals surface area (Å²) in [5.74, 6) is 1.09.